The second-order valence-corrected chi connectivity index (χ2v) is 2.61. The number of aromatic amines is 1. The molecule has 0 amide bonds. The molecule has 9 heavy (non-hydrogen) atoms. The molecular weight excluding hydrogens is 134 g/mol. The number of rotatable bonds is 0. The SMILES string of the molecule is Nc1c[nH]c2cnsc12. The third kappa shape index (κ3) is 0.533. The molecule has 0 aliphatic carbocycles. The molecule has 2 aromatic heterocycles. The number of hydrogen-bond acceptors (Lipinski definition) is 3. The predicted molar refractivity (Wildman–Crippen MR) is 38.4 cm³/mol. The summed E-state index contributed by atoms with van der Waals surface area (Å²) in [5.74, 6) is 0. The van der Waals surface area contributed by atoms with Crippen molar-refractivity contribution < 1.29 is 0 Å². The van der Waals surface area contributed by atoms with Crippen LogP contribution >= 0.6 is 11.5 Å². The third-order valence-electron chi connectivity index (χ3n) is 1.22. The average molecular weight is 139 g/mol. The van der Waals surface area contributed by atoms with Gasteiger partial charge in [-0.05, 0) is 11.5 Å². The minimum atomic E-state index is 0.785. The highest BCUT2D eigenvalue weighted by molar-refractivity contribution is 7.13. The molecule has 0 unspecified atom stereocenters. The molecular formula is C5H5N3S. The Hall–Kier alpha value is -1.03. The van der Waals surface area contributed by atoms with E-state index in [9.17, 15) is 0 Å². The number of nitrogens with two attached hydrogens (primary N) is 1. The number of nitrogens with zero attached hydrogens (tertiary/aromatic N) is 1. The molecule has 0 fully saturated rings. The standard InChI is InChI=1S/C5H5N3S/c6-3-1-7-4-2-8-9-5(3)4/h1-2,7H,6H2. The summed E-state index contributed by atoms with van der Waals surface area (Å²) in [7, 11) is 0. The van der Waals surface area contributed by atoms with Crippen molar-refractivity contribution in [1.29, 1.82) is 0 Å². The van der Waals surface area contributed by atoms with Crippen molar-refractivity contribution in [3.8, 4) is 0 Å². The Balaban J connectivity index is 2.99. The Morgan fingerprint density at radius 2 is 2.56 bits per heavy atom. The van der Waals surface area contributed by atoms with Crippen LogP contribution in [-0.4, -0.2) is 9.36 Å². The first-order chi connectivity index (χ1) is 4.38. The maximum Gasteiger partial charge on any atom is 0.0956 e. The lowest BCUT2D eigenvalue weighted by molar-refractivity contribution is 1.45. The monoisotopic (exact) mass is 139 g/mol. The van der Waals surface area contributed by atoms with Crippen LogP contribution in [0.4, 0.5) is 5.69 Å². The molecule has 3 nitrogen and oxygen atoms in total. The summed E-state index contributed by atoms with van der Waals surface area (Å²) in [6, 6.07) is 0. The van der Waals surface area contributed by atoms with E-state index in [1.807, 2.05) is 0 Å². The van der Waals surface area contributed by atoms with Gasteiger partial charge >= 0.3 is 0 Å². The van der Waals surface area contributed by atoms with Crippen molar-refractivity contribution in [2.75, 3.05) is 5.73 Å². The van der Waals surface area contributed by atoms with Crippen LogP contribution in [0, 0.1) is 0 Å². The lowest BCUT2D eigenvalue weighted by Gasteiger charge is -1.75. The zero-order valence-electron chi connectivity index (χ0n) is 4.59. The van der Waals surface area contributed by atoms with Crippen molar-refractivity contribution in [3.63, 3.8) is 0 Å². The van der Waals surface area contributed by atoms with Crippen molar-refractivity contribution in [2.45, 2.75) is 0 Å². The average Bonchev–Trinajstić information content (AvgIpc) is 2.35. The van der Waals surface area contributed by atoms with Crippen LogP contribution in [0.15, 0.2) is 12.4 Å². The molecule has 4 heteroatoms. The third-order valence-corrected chi connectivity index (χ3v) is 2.06. The van der Waals surface area contributed by atoms with Crippen LogP contribution in [0.25, 0.3) is 10.2 Å². The van der Waals surface area contributed by atoms with E-state index in [2.05, 4.69) is 9.36 Å². The molecule has 0 atom stereocenters. The topological polar surface area (TPSA) is 54.7 Å². The summed E-state index contributed by atoms with van der Waals surface area (Å²) in [4.78, 5) is 2.99. The molecule has 0 aliphatic rings. The van der Waals surface area contributed by atoms with E-state index in [1.165, 1.54) is 11.5 Å². The molecule has 3 N–H and O–H groups in total. The number of H-pyrrole nitrogens is 1. The number of nitrogen functional groups attached to an aromatic ring is 1. The summed E-state index contributed by atoms with van der Waals surface area (Å²) in [5.41, 5.74) is 7.37. The van der Waals surface area contributed by atoms with Crippen molar-refractivity contribution in [2.24, 2.45) is 0 Å². The quantitative estimate of drug-likeness (QED) is 0.576. The summed E-state index contributed by atoms with van der Waals surface area (Å²) in [6.45, 7) is 0. The normalized spacial score (nSPS) is 10.7. The van der Waals surface area contributed by atoms with E-state index in [0.717, 1.165) is 15.9 Å². The summed E-state index contributed by atoms with van der Waals surface area (Å²) in [6.07, 6.45) is 3.55. The Morgan fingerprint density at radius 3 is 3.33 bits per heavy atom. The molecule has 0 aliphatic heterocycles. The van der Waals surface area contributed by atoms with E-state index in [-0.39, 0.29) is 0 Å². The van der Waals surface area contributed by atoms with Crippen molar-refractivity contribution >= 4 is 27.4 Å². The highest BCUT2D eigenvalue weighted by Crippen LogP contribution is 2.22. The van der Waals surface area contributed by atoms with Crippen LogP contribution in [0.1, 0.15) is 0 Å². The van der Waals surface area contributed by atoms with Crippen molar-refractivity contribution in [3.05, 3.63) is 12.4 Å². The Bertz CT molecular complexity index is 321. The van der Waals surface area contributed by atoms with Crippen LogP contribution < -0.4 is 5.73 Å². The lowest BCUT2D eigenvalue weighted by Crippen LogP contribution is -1.76. The first-order valence-corrected chi connectivity index (χ1v) is 3.32. The number of anilines is 1. The number of aromatic nitrogens is 2. The smallest absolute Gasteiger partial charge is 0.0956 e. The van der Waals surface area contributed by atoms with Gasteiger partial charge in [-0.25, -0.2) is 0 Å². The van der Waals surface area contributed by atoms with Crippen LogP contribution in [0.5, 0.6) is 0 Å². The molecule has 0 saturated heterocycles. The van der Waals surface area contributed by atoms with Gasteiger partial charge in [0.1, 0.15) is 0 Å². The minimum absolute atomic E-state index is 0.785. The van der Waals surface area contributed by atoms with Crippen molar-refractivity contribution in [1.82, 2.24) is 9.36 Å². The van der Waals surface area contributed by atoms with Crippen LogP contribution in [0.2, 0.25) is 0 Å². The largest absolute Gasteiger partial charge is 0.396 e. The predicted octanol–water partition coefficient (Wildman–Crippen LogP) is 1.21. The number of hydrogen-bond donors (Lipinski definition) is 2. The highest BCUT2D eigenvalue weighted by Gasteiger charge is 1.99. The van der Waals surface area contributed by atoms with Crippen LogP contribution in [-0.2, 0) is 0 Å². The molecule has 0 spiro atoms. The van der Waals surface area contributed by atoms with E-state index < -0.39 is 0 Å². The van der Waals surface area contributed by atoms with Gasteiger partial charge in [-0.2, -0.15) is 4.37 Å². The van der Waals surface area contributed by atoms with Gasteiger partial charge < -0.3 is 10.7 Å². The molecule has 0 radical (unpaired) electrons. The first-order valence-electron chi connectivity index (χ1n) is 2.55. The molecule has 0 aromatic carbocycles. The minimum Gasteiger partial charge on any atom is -0.396 e. The van der Waals surface area contributed by atoms with Gasteiger partial charge in [0.15, 0.2) is 0 Å². The number of fused-ring (bicyclic) bond motifs is 1. The molecule has 0 saturated carbocycles. The zero-order chi connectivity index (χ0) is 6.27. The molecule has 2 heterocycles. The second kappa shape index (κ2) is 1.48. The first kappa shape index (κ1) is 4.81. The van der Waals surface area contributed by atoms with Gasteiger partial charge in [0, 0.05) is 6.20 Å². The maximum atomic E-state index is 5.56. The van der Waals surface area contributed by atoms with Crippen LogP contribution in [0.3, 0.4) is 0 Å². The highest BCUT2D eigenvalue weighted by atomic mass is 32.1. The Kier molecular flexibility index (Phi) is 0.790. The lowest BCUT2D eigenvalue weighted by atomic mass is 10.5. The molecule has 2 rings (SSSR count). The molecule has 46 valence electrons. The number of nitrogens with one attached hydrogen (secondary N) is 1. The fourth-order valence-corrected chi connectivity index (χ4v) is 1.41. The van der Waals surface area contributed by atoms with E-state index in [4.69, 9.17) is 5.73 Å². The fraction of sp³-hybridized carbons (Fsp3) is 0. The van der Waals surface area contributed by atoms with Gasteiger partial charge in [0.25, 0.3) is 0 Å². The van der Waals surface area contributed by atoms with Gasteiger partial charge in [0.2, 0.25) is 0 Å². The maximum absolute atomic E-state index is 5.56. The van der Waals surface area contributed by atoms with E-state index >= 15 is 0 Å². The van der Waals surface area contributed by atoms with E-state index in [0.29, 0.717) is 0 Å². The summed E-state index contributed by atoms with van der Waals surface area (Å²) < 4.78 is 5.00. The van der Waals surface area contributed by atoms with Gasteiger partial charge in [-0.3, -0.25) is 0 Å². The van der Waals surface area contributed by atoms with Gasteiger partial charge in [-0.1, -0.05) is 0 Å². The van der Waals surface area contributed by atoms with E-state index in [1.54, 1.807) is 12.4 Å². The Labute approximate surface area is 55.7 Å². The fourth-order valence-electron chi connectivity index (χ4n) is 0.772. The molecule has 0 bridgehead atoms. The Morgan fingerprint density at radius 1 is 1.67 bits per heavy atom. The summed E-state index contributed by atoms with van der Waals surface area (Å²) in [5, 5.41) is 0. The zero-order valence-corrected chi connectivity index (χ0v) is 5.40. The second-order valence-electron chi connectivity index (χ2n) is 1.81. The summed E-state index contributed by atoms with van der Waals surface area (Å²) >= 11 is 1.41. The molecule has 2 aromatic rings. The van der Waals surface area contributed by atoms with Gasteiger partial charge in [0.05, 0.1) is 22.1 Å². The van der Waals surface area contributed by atoms with Gasteiger partial charge in [-0.15, -0.1) is 0 Å².